The van der Waals surface area contributed by atoms with Crippen molar-refractivity contribution in [1.29, 1.82) is 0 Å². The van der Waals surface area contributed by atoms with Crippen LogP contribution in [-0.4, -0.2) is 15.7 Å². The van der Waals surface area contributed by atoms with Crippen molar-refractivity contribution in [3.8, 4) is 0 Å². The van der Waals surface area contributed by atoms with Crippen molar-refractivity contribution >= 4 is 29.1 Å². The van der Waals surface area contributed by atoms with E-state index in [9.17, 15) is 9.18 Å². The maximum absolute atomic E-state index is 13.5. The Balaban J connectivity index is 1.67. The van der Waals surface area contributed by atoms with Gasteiger partial charge in [0.1, 0.15) is 11.6 Å². The van der Waals surface area contributed by atoms with Gasteiger partial charge in [-0.05, 0) is 34.5 Å². The van der Waals surface area contributed by atoms with Crippen molar-refractivity contribution in [3.63, 3.8) is 0 Å². The molecule has 0 spiro atoms. The molecular formula is C17H14FN3OS. The number of halogens is 1. The summed E-state index contributed by atoms with van der Waals surface area (Å²) < 4.78 is 15.2. The molecule has 23 heavy (non-hydrogen) atoms. The highest BCUT2D eigenvalue weighted by molar-refractivity contribution is 7.07. The number of nitrogens with zero attached hydrogens (tertiary/aromatic N) is 2. The molecule has 0 aliphatic carbocycles. The third-order valence-electron chi connectivity index (χ3n) is 3.20. The van der Waals surface area contributed by atoms with Gasteiger partial charge in [-0.15, -0.1) is 0 Å². The first-order valence-corrected chi connectivity index (χ1v) is 7.93. The van der Waals surface area contributed by atoms with Crippen LogP contribution in [0.15, 0.2) is 59.4 Å². The van der Waals surface area contributed by atoms with Gasteiger partial charge in [-0.25, -0.2) is 9.07 Å². The molecule has 3 rings (SSSR count). The quantitative estimate of drug-likeness (QED) is 0.725. The van der Waals surface area contributed by atoms with E-state index in [1.165, 1.54) is 18.2 Å². The van der Waals surface area contributed by atoms with Crippen LogP contribution in [-0.2, 0) is 11.3 Å². The Bertz CT molecular complexity index is 824. The van der Waals surface area contributed by atoms with Crippen LogP contribution in [0.2, 0.25) is 0 Å². The summed E-state index contributed by atoms with van der Waals surface area (Å²) in [4.78, 5) is 12.0. The molecule has 0 saturated carbocycles. The fraction of sp³-hybridized carbons (Fsp3) is 0.0588. The molecule has 0 unspecified atom stereocenters. The Kier molecular flexibility index (Phi) is 4.63. The Labute approximate surface area is 136 Å². The third-order valence-corrected chi connectivity index (χ3v) is 3.93. The number of carbonyl (C=O) groups is 1. The Hall–Kier alpha value is -2.73. The fourth-order valence-corrected chi connectivity index (χ4v) is 2.72. The molecule has 0 atom stereocenters. The van der Waals surface area contributed by atoms with Crippen molar-refractivity contribution in [3.05, 3.63) is 76.4 Å². The molecule has 0 radical (unpaired) electrons. The average molecular weight is 327 g/mol. The molecule has 2 aromatic heterocycles. The van der Waals surface area contributed by atoms with E-state index in [1.54, 1.807) is 46.5 Å². The molecule has 0 saturated heterocycles. The van der Waals surface area contributed by atoms with E-state index in [4.69, 9.17) is 0 Å². The zero-order valence-electron chi connectivity index (χ0n) is 12.1. The van der Waals surface area contributed by atoms with Gasteiger partial charge in [-0.1, -0.05) is 18.2 Å². The molecule has 1 N–H and O–H groups in total. The summed E-state index contributed by atoms with van der Waals surface area (Å²) in [6, 6.07) is 10.0. The summed E-state index contributed by atoms with van der Waals surface area (Å²) in [5.74, 6) is -0.0984. The van der Waals surface area contributed by atoms with E-state index >= 15 is 0 Å². The molecule has 2 heterocycles. The minimum atomic E-state index is -0.362. The number of rotatable bonds is 5. The number of nitrogens with one attached hydrogen (secondary N) is 1. The molecule has 6 heteroatoms. The van der Waals surface area contributed by atoms with Gasteiger partial charge in [0, 0.05) is 17.7 Å². The Morgan fingerprint density at radius 1 is 1.30 bits per heavy atom. The summed E-state index contributed by atoms with van der Waals surface area (Å²) in [5, 5.41) is 11.0. The normalized spacial score (nSPS) is 11.0. The first-order valence-electron chi connectivity index (χ1n) is 6.99. The number of anilines is 1. The highest BCUT2D eigenvalue weighted by Gasteiger charge is 2.06. The Morgan fingerprint density at radius 2 is 2.17 bits per heavy atom. The van der Waals surface area contributed by atoms with Crippen molar-refractivity contribution in [2.24, 2.45) is 0 Å². The maximum Gasteiger partial charge on any atom is 0.249 e. The van der Waals surface area contributed by atoms with Crippen molar-refractivity contribution in [2.45, 2.75) is 6.54 Å². The smallest absolute Gasteiger partial charge is 0.249 e. The number of thiophene rings is 1. The van der Waals surface area contributed by atoms with Gasteiger partial charge in [0.25, 0.3) is 0 Å². The van der Waals surface area contributed by atoms with Crippen LogP contribution in [0, 0.1) is 5.82 Å². The molecule has 0 fully saturated rings. The first-order chi connectivity index (χ1) is 11.2. The molecule has 0 aliphatic heterocycles. The fourth-order valence-electron chi connectivity index (χ4n) is 2.06. The van der Waals surface area contributed by atoms with Gasteiger partial charge in [-0.3, -0.25) is 4.79 Å². The zero-order valence-corrected chi connectivity index (χ0v) is 13.0. The van der Waals surface area contributed by atoms with Crippen LogP contribution in [0.5, 0.6) is 0 Å². The van der Waals surface area contributed by atoms with Crippen LogP contribution in [0.3, 0.4) is 0 Å². The second-order valence-corrected chi connectivity index (χ2v) is 5.63. The molecule has 0 aliphatic rings. The molecule has 116 valence electrons. The number of benzene rings is 1. The van der Waals surface area contributed by atoms with Gasteiger partial charge < -0.3 is 5.32 Å². The van der Waals surface area contributed by atoms with E-state index in [0.29, 0.717) is 17.9 Å². The van der Waals surface area contributed by atoms with Gasteiger partial charge in [0.2, 0.25) is 5.91 Å². The summed E-state index contributed by atoms with van der Waals surface area (Å²) in [6.07, 6.45) is 4.38. The highest BCUT2D eigenvalue weighted by Crippen LogP contribution is 2.13. The van der Waals surface area contributed by atoms with Crippen LogP contribution in [0.4, 0.5) is 10.2 Å². The van der Waals surface area contributed by atoms with E-state index in [0.717, 1.165) is 5.56 Å². The molecule has 0 bridgehead atoms. The predicted octanol–water partition coefficient (Wildman–Crippen LogP) is 3.78. The summed E-state index contributed by atoms with van der Waals surface area (Å²) in [7, 11) is 0. The topological polar surface area (TPSA) is 46.9 Å². The first kappa shape index (κ1) is 15.2. The van der Waals surface area contributed by atoms with Crippen LogP contribution >= 0.6 is 11.3 Å². The second-order valence-electron chi connectivity index (χ2n) is 4.85. The highest BCUT2D eigenvalue weighted by atomic mass is 32.1. The number of carbonyl (C=O) groups excluding carboxylic acids is 1. The molecule has 3 aromatic rings. The monoisotopic (exact) mass is 327 g/mol. The van der Waals surface area contributed by atoms with Crippen molar-refractivity contribution < 1.29 is 9.18 Å². The minimum absolute atomic E-state index is 0.333. The average Bonchev–Trinajstić information content (AvgIpc) is 3.20. The number of hydrogen-bond acceptors (Lipinski definition) is 3. The van der Waals surface area contributed by atoms with Crippen molar-refractivity contribution in [2.75, 3.05) is 5.32 Å². The molecule has 4 nitrogen and oxygen atoms in total. The van der Waals surface area contributed by atoms with E-state index in [1.807, 2.05) is 16.8 Å². The van der Waals surface area contributed by atoms with E-state index in [2.05, 4.69) is 10.4 Å². The number of amides is 1. The van der Waals surface area contributed by atoms with Gasteiger partial charge in [0.15, 0.2) is 0 Å². The minimum Gasteiger partial charge on any atom is -0.307 e. The lowest BCUT2D eigenvalue weighted by molar-refractivity contribution is -0.111. The SMILES string of the molecule is O=C(/C=C/c1ccccc1F)Nc1ccnn1Cc1ccsc1. The van der Waals surface area contributed by atoms with E-state index < -0.39 is 0 Å². The third kappa shape index (κ3) is 3.92. The molecule has 1 amide bonds. The summed E-state index contributed by atoms with van der Waals surface area (Å²) in [5.41, 5.74) is 1.49. The standard InChI is InChI=1S/C17H14FN3OS/c18-15-4-2-1-3-14(15)5-6-17(22)20-16-7-9-19-21(16)11-13-8-10-23-12-13/h1-10,12H,11H2,(H,20,22)/b6-5+. The van der Waals surface area contributed by atoms with Crippen LogP contribution < -0.4 is 5.32 Å². The lowest BCUT2D eigenvalue weighted by Gasteiger charge is -2.06. The van der Waals surface area contributed by atoms with Crippen molar-refractivity contribution in [1.82, 2.24) is 9.78 Å². The van der Waals surface area contributed by atoms with Gasteiger partial charge in [0.05, 0.1) is 12.7 Å². The lowest BCUT2D eigenvalue weighted by Crippen LogP contribution is -2.13. The van der Waals surface area contributed by atoms with Gasteiger partial charge >= 0.3 is 0 Å². The maximum atomic E-state index is 13.5. The van der Waals surface area contributed by atoms with Crippen LogP contribution in [0.25, 0.3) is 6.08 Å². The lowest BCUT2D eigenvalue weighted by atomic mass is 10.2. The number of hydrogen-bond donors (Lipinski definition) is 1. The zero-order chi connectivity index (χ0) is 16.1. The molecule has 1 aromatic carbocycles. The number of aromatic nitrogens is 2. The van der Waals surface area contributed by atoms with Gasteiger partial charge in [-0.2, -0.15) is 16.4 Å². The second kappa shape index (κ2) is 7.02. The Morgan fingerprint density at radius 3 is 2.96 bits per heavy atom. The summed E-state index contributed by atoms with van der Waals surface area (Å²) >= 11 is 1.61. The molecular weight excluding hydrogens is 313 g/mol. The van der Waals surface area contributed by atoms with E-state index in [-0.39, 0.29) is 11.7 Å². The predicted molar refractivity (Wildman–Crippen MR) is 89.7 cm³/mol. The largest absolute Gasteiger partial charge is 0.307 e. The summed E-state index contributed by atoms with van der Waals surface area (Å²) in [6.45, 7) is 0.586. The van der Waals surface area contributed by atoms with Crippen LogP contribution in [0.1, 0.15) is 11.1 Å².